The van der Waals surface area contributed by atoms with E-state index in [1.165, 1.54) is 46.7 Å². The Labute approximate surface area is 118 Å². The van der Waals surface area contributed by atoms with Gasteiger partial charge in [0.1, 0.15) is 0 Å². The van der Waals surface area contributed by atoms with Gasteiger partial charge in [-0.2, -0.15) is 11.8 Å². The monoisotopic (exact) mass is 363 g/mol. The number of hydrogen-bond donors (Lipinski definition) is 0. The predicted molar refractivity (Wildman–Crippen MR) is 80.9 cm³/mol. The summed E-state index contributed by atoms with van der Waals surface area (Å²) >= 11 is 9.20. The number of alkyl halides is 1. The Kier molecular flexibility index (Phi) is 5.04. The second-order valence-corrected chi connectivity index (χ2v) is 6.56. The third-order valence-electron chi connectivity index (χ3n) is 2.75. The van der Waals surface area contributed by atoms with E-state index >= 15 is 0 Å². The third-order valence-corrected chi connectivity index (χ3v) is 4.90. The maximum Gasteiger partial charge on any atom is 0.0418 e. The highest BCUT2D eigenvalue weighted by molar-refractivity contribution is 9.10. The summed E-state index contributed by atoms with van der Waals surface area (Å²) < 4.78 is 1.17. The molecule has 0 bridgehead atoms. The van der Waals surface area contributed by atoms with Crippen LogP contribution in [0.2, 0.25) is 0 Å². The lowest BCUT2D eigenvalue weighted by Gasteiger charge is -2.25. The molecule has 1 aliphatic rings. The zero-order valence-electron chi connectivity index (χ0n) is 9.09. The molecule has 0 aliphatic carbocycles. The number of halogens is 2. The molecule has 0 aromatic heterocycles. The van der Waals surface area contributed by atoms with E-state index in [-0.39, 0.29) is 0 Å². The predicted octanol–water partition coefficient (Wildman–Crippen LogP) is 4.29. The first-order valence-corrected chi connectivity index (χ1v) is 8.55. The molecule has 0 amide bonds. The molecule has 88 valence electrons. The van der Waals surface area contributed by atoms with Crippen molar-refractivity contribution in [2.75, 3.05) is 29.5 Å². The van der Waals surface area contributed by atoms with Gasteiger partial charge in [0.25, 0.3) is 0 Å². The molecule has 0 unspecified atom stereocenters. The Bertz CT molecular complexity index is 349. The molecule has 1 aliphatic heterocycles. The third kappa shape index (κ3) is 3.17. The number of rotatable bonds is 2. The van der Waals surface area contributed by atoms with Crippen molar-refractivity contribution in [1.29, 1.82) is 0 Å². The zero-order chi connectivity index (χ0) is 11.4. The van der Waals surface area contributed by atoms with Crippen molar-refractivity contribution in [2.24, 2.45) is 0 Å². The molecule has 1 fully saturated rings. The van der Waals surface area contributed by atoms with Crippen LogP contribution in [0.5, 0.6) is 0 Å². The summed E-state index contributed by atoms with van der Waals surface area (Å²) in [4.78, 5) is 2.52. The van der Waals surface area contributed by atoms with Crippen molar-refractivity contribution >= 4 is 49.3 Å². The highest BCUT2D eigenvalue weighted by Gasteiger charge is 2.13. The lowest BCUT2D eigenvalue weighted by molar-refractivity contribution is 0.812. The van der Waals surface area contributed by atoms with E-state index in [4.69, 9.17) is 0 Å². The van der Waals surface area contributed by atoms with Gasteiger partial charge in [0, 0.05) is 34.3 Å². The van der Waals surface area contributed by atoms with E-state index in [1.54, 1.807) is 0 Å². The maximum absolute atomic E-state index is 3.57. The van der Waals surface area contributed by atoms with E-state index < -0.39 is 0 Å². The Morgan fingerprint density at radius 1 is 1.25 bits per heavy atom. The van der Waals surface area contributed by atoms with Gasteiger partial charge in [-0.15, -0.1) is 0 Å². The first kappa shape index (κ1) is 12.8. The molecule has 0 atom stereocenters. The van der Waals surface area contributed by atoms with E-state index in [1.807, 2.05) is 0 Å². The van der Waals surface area contributed by atoms with Crippen LogP contribution in [0.1, 0.15) is 12.0 Å². The second kappa shape index (κ2) is 6.31. The smallest absolute Gasteiger partial charge is 0.0418 e. The quantitative estimate of drug-likeness (QED) is 0.720. The lowest BCUT2D eigenvalue weighted by Crippen LogP contribution is -2.26. The number of thioether (sulfide) groups is 1. The van der Waals surface area contributed by atoms with E-state index in [0.717, 1.165) is 5.33 Å². The molecule has 1 saturated heterocycles. The molecule has 4 heteroatoms. The van der Waals surface area contributed by atoms with Gasteiger partial charge in [-0.05, 0) is 29.9 Å². The van der Waals surface area contributed by atoms with Gasteiger partial charge in [0.2, 0.25) is 0 Å². The summed E-state index contributed by atoms with van der Waals surface area (Å²) in [7, 11) is 0. The van der Waals surface area contributed by atoms with E-state index in [0.29, 0.717) is 0 Å². The van der Waals surface area contributed by atoms with Gasteiger partial charge in [0.05, 0.1) is 0 Å². The van der Waals surface area contributed by atoms with Crippen LogP contribution in [0.4, 0.5) is 5.69 Å². The standard InChI is InChI=1S/C12H15Br2NS/c13-9-10-2-3-11(14)8-12(10)15-4-1-6-16-7-5-15/h2-3,8H,1,4-7,9H2. The van der Waals surface area contributed by atoms with Crippen LogP contribution in [0.25, 0.3) is 0 Å². The molecule has 1 nitrogen and oxygen atoms in total. The first-order chi connectivity index (χ1) is 7.81. The Hall–Kier alpha value is 0.330. The molecule has 0 saturated carbocycles. The summed E-state index contributed by atoms with van der Waals surface area (Å²) in [6.07, 6.45) is 1.29. The van der Waals surface area contributed by atoms with Crippen molar-refractivity contribution in [3.05, 3.63) is 28.2 Å². The summed E-state index contributed by atoms with van der Waals surface area (Å²) in [5.74, 6) is 2.54. The molecule has 1 heterocycles. The van der Waals surface area contributed by atoms with Gasteiger partial charge in [-0.25, -0.2) is 0 Å². The number of hydrogen-bond acceptors (Lipinski definition) is 2. The lowest BCUT2D eigenvalue weighted by atomic mass is 10.2. The van der Waals surface area contributed by atoms with Gasteiger partial charge in [-0.1, -0.05) is 37.9 Å². The zero-order valence-corrected chi connectivity index (χ0v) is 13.1. The largest absolute Gasteiger partial charge is 0.370 e. The van der Waals surface area contributed by atoms with Crippen molar-refractivity contribution in [2.45, 2.75) is 11.8 Å². The normalized spacial score (nSPS) is 17.2. The van der Waals surface area contributed by atoms with Crippen molar-refractivity contribution in [3.63, 3.8) is 0 Å². The highest BCUT2D eigenvalue weighted by Crippen LogP contribution is 2.28. The summed E-state index contributed by atoms with van der Waals surface area (Å²) in [6.45, 7) is 2.35. The van der Waals surface area contributed by atoms with Gasteiger partial charge < -0.3 is 4.90 Å². The average Bonchev–Trinajstić information content (AvgIpc) is 2.57. The van der Waals surface area contributed by atoms with Gasteiger partial charge in [-0.3, -0.25) is 0 Å². The molecule has 1 aromatic rings. The van der Waals surface area contributed by atoms with Crippen LogP contribution in [-0.2, 0) is 5.33 Å². The molecule has 2 rings (SSSR count). The Morgan fingerprint density at radius 3 is 2.94 bits per heavy atom. The van der Waals surface area contributed by atoms with E-state index in [2.05, 4.69) is 66.7 Å². The highest BCUT2D eigenvalue weighted by atomic mass is 79.9. The van der Waals surface area contributed by atoms with Crippen LogP contribution < -0.4 is 4.90 Å². The minimum absolute atomic E-state index is 0.930. The number of benzene rings is 1. The summed E-state index contributed by atoms with van der Waals surface area (Å²) in [6, 6.07) is 6.56. The number of nitrogens with zero attached hydrogens (tertiary/aromatic N) is 1. The molecule has 0 N–H and O–H groups in total. The maximum atomic E-state index is 3.57. The summed E-state index contributed by atoms with van der Waals surface area (Å²) in [5.41, 5.74) is 2.77. The van der Waals surface area contributed by atoms with E-state index in [9.17, 15) is 0 Å². The fourth-order valence-electron chi connectivity index (χ4n) is 1.93. The Balaban J connectivity index is 2.25. The van der Waals surface area contributed by atoms with Gasteiger partial charge in [0.15, 0.2) is 0 Å². The van der Waals surface area contributed by atoms with Crippen molar-refractivity contribution in [3.8, 4) is 0 Å². The van der Waals surface area contributed by atoms with Crippen molar-refractivity contribution in [1.82, 2.24) is 0 Å². The van der Waals surface area contributed by atoms with Gasteiger partial charge >= 0.3 is 0 Å². The average molecular weight is 365 g/mol. The van der Waals surface area contributed by atoms with Crippen LogP contribution in [0, 0.1) is 0 Å². The molecule has 0 radical (unpaired) electrons. The minimum Gasteiger partial charge on any atom is -0.370 e. The Morgan fingerprint density at radius 2 is 2.12 bits per heavy atom. The van der Waals surface area contributed by atoms with Crippen LogP contribution in [0.15, 0.2) is 22.7 Å². The first-order valence-electron chi connectivity index (χ1n) is 5.48. The van der Waals surface area contributed by atoms with Crippen LogP contribution >= 0.6 is 43.6 Å². The van der Waals surface area contributed by atoms with Crippen LogP contribution in [-0.4, -0.2) is 24.6 Å². The molecular weight excluding hydrogens is 350 g/mol. The van der Waals surface area contributed by atoms with Crippen LogP contribution in [0.3, 0.4) is 0 Å². The molecule has 16 heavy (non-hydrogen) atoms. The fraction of sp³-hybridized carbons (Fsp3) is 0.500. The summed E-state index contributed by atoms with van der Waals surface area (Å²) in [5, 5.41) is 0.930. The molecule has 0 spiro atoms. The second-order valence-electron chi connectivity index (χ2n) is 3.86. The number of anilines is 1. The molecular formula is C12H15Br2NS. The minimum atomic E-state index is 0.930. The topological polar surface area (TPSA) is 3.24 Å². The molecule has 1 aromatic carbocycles. The fourth-order valence-corrected chi connectivity index (χ4v) is 3.64. The SMILES string of the molecule is BrCc1ccc(Br)cc1N1CCCSCC1. The van der Waals surface area contributed by atoms with Crippen molar-refractivity contribution < 1.29 is 0 Å².